The van der Waals surface area contributed by atoms with Crippen LogP contribution in [-0.4, -0.2) is 21.5 Å². The number of imidazole rings is 1. The largest absolute Gasteiger partial charge is 0.354 e. The number of hydrogen-bond donors (Lipinski definition) is 2. The number of rotatable bonds is 5. The summed E-state index contributed by atoms with van der Waals surface area (Å²) in [7, 11) is 0. The van der Waals surface area contributed by atoms with Crippen LogP contribution in [0.15, 0.2) is 12.1 Å². The summed E-state index contributed by atoms with van der Waals surface area (Å²) in [6, 6.07) is 3.37. The lowest BCUT2D eigenvalue weighted by Gasteiger charge is -2.11. The summed E-state index contributed by atoms with van der Waals surface area (Å²) in [5.41, 5.74) is 2.05. The highest BCUT2D eigenvalue weighted by Crippen LogP contribution is 2.19. The highest BCUT2D eigenvalue weighted by molar-refractivity contribution is 7.71. The molecule has 2 N–H and O–H groups in total. The fourth-order valence-electron chi connectivity index (χ4n) is 2.17. The molecule has 6 heteroatoms. The van der Waals surface area contributed by atoms with E-state index in [-0.39, 0.29) is 17.8 Å². The standard InChI is InChI=1S/C15H20FN3OS/c1-4-10(3)17-14(20)5-6-19-13-7-9(2)11(16)8-12(13)18-15(19)21/h7-8,10H,4-6H2,1-3H3,(H,17,20)(H,18,21). The Morgan fingerprint density at radius 1 is 1.52 bits per heavy atom. The second-order valence-corrected chi connectivity index (χ2v) is 5.71. The average molecular weight is 309 g/mol. The van der Waals surface area contributed by atoms with Crippen LogP contribution in [0.3, 0.4) is 0 Å². The summed E-state index contributed by atoms with van der Waals surface area (Å²) in [6.45, 7) is 6.19. The van der Waals surface area contributed by atoms with Crippen LogP contribution in [0.5, 0.6) is 0 Å². The molecule has 1 unspecified atom stereocenters. The van der Waals surface area contributed by atoms with Crippen molar-refractivity contribution >= 4 is 29.2 Å². The van der Waals surface area contributed by atoms with Gasteiger partial charge in [0.2, 0.25) is 5.91 Å². The van der Waals surface area contributed by atoms with Crippen molar-refractivity contribution in [3.63, 3.8) is 0 Å². The monoisotopic (exact) mass is 309 g/mol. The number of carbonyl (C=O) groups is 1. The van der Waals surface area contributed by atoms with E-state index < -0.39 is 0 Å². The quantitative estimate of drug-likeness (QED) is 0.831. The van der Waals surface area contributed by atoms with Crippen LogP contribution in [-0.2, 0) is 11.3 Å². The lowest BCUT2D eigenvalue weighted by atomic mass is 10.2. The van der Waals surface area contributed by atoms with E-state index in [4.69, 9.17) is 12.2 Å². The summed E-state index contributed by atoms with van der Waals surface area (Å²) in [5.74, 6) is -0.264. The van der Waals surface area contributed by atoms with E-state index in [0.717, 1.165) is 11.9 Å². The molecule has 1 amide bonds. The normalized spacial score (nSPS) is 12.6. The van der Waals surface area contributed by atoms with Crippen molar-refractivity contribution in [1.29, 1.82) is 0 Å². The first-order valence-corrected chi connectivity index (χ1v) is 7.51. The Hall–Kier alpha value is -1.69. The summed E-state index contributed by atoms with van der Waals surface area (Å²) in [5, 5.41) is 2.92. The molecule has 1 aromatic carbocycles. The van der Waals surface area contributed by atoms with Crippen molar-refractivity contribution < 1.29 is 9.18 Å². The number of nitrogens with one attached hydrogen (secondary N) is 2. The predicted octanol–water partition coefficient (Wildman–Crippen LogP) is 3.45. The van der Waals surface area contributed by atoms with Crippen molar-refractivity contribution in [3.05, 3.63) is 28.3 Å². The van der Waals surface area contributed by atoms with Crippen LogP contribution in [0.1, 0.15) is 32.3 Å². The fourth-order valence-corrected chi connectivity index (χ4v) is 2.47. The molecule has 1 aromatic heterocycles. The number of fused-ring (bicyclic) bond motifs is 1. The molecule has 0 fully saturated rings. The first kappa shape index (κ1) is 15.7. The average Bonchev–Trinajstić information content (AvgIpc) is 2.72. The first-order valence-electron chi connectivity index (χ1n) is 7.10. The molecule has 4 nitrogen and oxygen atoms in total. The van der Waals surface area contributed by atoms with Gasteiger partial charge >= 0.3 is 0 Å². The van der Waals surface area contributed by atoms with Gasteiger partial charge in [-0.05, 0) is 50.2 Å². The van der Waals surface area contributed by atoms with Gasteiger partial charge in [-0.1, -0.05) is 6.92 Å². The summed E-state index contributed by atoms with van der Waals surface area (Å²) in [4.78, 5) is 14.8. The molecule has 0 aliphatic heterocycles. The topological polar surface area (TPSA) is 49.8 Å². The number of aryl methyl sites for hydroxylation is 2. The molecule has 0 spiro atoms. The second-order valence-electron chi connectivity index (χ2n) is 5.33. The van der Waals surface area contributed by atoms with Crippen molar-refractivity contribution in [3.8, 4) is 0 Å². The number of carbonyl (C=O) groups excluding carboxylic acids is 1. The molecule has 21 heavy (non-hydrogen) atoms. The Balaban J connectivity index is 2.19. The first-order chi connectivity index (χ1) is 9.92. The number of amides is 1. The lowest BCUT2D eigenvalue weighted by Crippen LogP contribution is -2.32. The molecule has 2 aromatic rings. The summed E-state index contributed by atoms with van der Waals surface area (Å²) < 4.78 is 15.9. The van der Waals surface area contributed by atoms with Crippen molar-refractivity contribution in [2.75, 3.05) is 0 Å². The minimum Gasteiger partial charge on any atom is -0.354 e. The third kappa shape index (κ3) is 3.50. The van der Waals surface area contributed by atoms with Gasteiger partial charge in [-0.3, -0.25) is 4.79 Å². The van der Waals surface area contributed by atoms with Crippen molar-refractivity contribution in [2.45, 2.75) is 46.2 Å². The summed E-state index contributed by atoms with van der Waals surface area (Å²) >= 11 is 5.26. The van der Waals surface area contributed by atoms with E-state index >= 15 is 0 Å². The van der Waals surface area contributed by atoms with Crippen LogP contribution < -0.4 is 5.32 Å². The van der Waals surface area contributed by atoms with Crippen LogP contribution >= 0.6 is 12.2 Å². The molecule has 1 atom stereocenters. The van der Waals surface area contributed by atoms with Gasteiger partial charge in [0, 0.05) is 19.0 Å². The molecule has 0 saturated heterocycles. The van der Waals surface area contributed by atoms with E-state index in [1.165, 1.54) is 6.07 Å². The zero-order chi connectivity index (χ0) is 15.6. The molecule has 2 rings (SSSR count). The lowest BCUT2D eigenvalue weighted by molar-refractivity contribution is -0.121. The van der Waals surface area contributed by atoms with Gasteiger partial charge in [0.05, 0.1) is 11.0 Å². The van der Waals surface area contributed by atoms with Gasteiger partial charge in [-0.2, -0.15) is 0 Å². The third-order valence-corrected chi connectivity index (χ3v) is 3.96. The van der Waals surface area contributed by atoms with E-state index in [1.54, 1.807) is 13.0 Å². The smallest absolute Gasteiger partial charge is 0.222 e. The van der Waals surface area contributed by atoms with Gasteiger partial charge in [-0.15, -0.1) is 0 Å². The maximum atomic E-state index is 13.6. The number of nitrogens with zero attached hydrogens (tertiary/aromatic N) is 1. The minimum absolute atomic E-state index is 0.000524. The van der Waals surface area contributed by atoms with E-state index in [9.17, 15) is 9.18 Å². The molecule has 114 valence electrons. The predicted molar refractivity (Wildman–Crippen MR) is 84.3 cm³/mol. The Kier molecular flexibility index (Phi) is 4.77. The van der Waals surface area contributed by atoms with Crippen molar-refractivity contribution in [2.24, 2.45) is 0 Å². The zero-order valence-corrected chi connectivity index (χ0v) is 13.3. The minimum atomic E-state index is -0.264. The Morgan fingerprint density at radius 2 is 2.24 bits per heavy atom. The SMILES string of the molecule is CCC(C)NC(=O)CCn1c(=S)[nH]c2cc(F)c(C)cc21. The highest BCUT2D eigenvalue weighted by Gasteiger charge is 2.10. The zero-order valence-electron chi connectivity index (χ0n) is 12.5. The molecule has 0 radical (unpaired) electrons. The van der Waals surface area contributed by atoms with Gasteiger partial charge in [0.15, 0.2) is 4.77 Å². The molecule has 1 heterocycles. The number of aromatic amines is 1. The molecular formula is C15H20FN3OS. The molecule has 0 aliphatic rings. The van der Waals surface area contributed by atoms with Crippen LogP contribution in [0.25, 0.3) is 11.0 Å². The van der Waals surface area contributed by atoms with E-state index in [1.807, 2.05) is 18.4 Å². The second kappa shape index (κ2) is 6.39. The Morgan fingerprint density at radius 3 is 2.90 bits per heavy atom. The number of hydrogen-bond acceptors (Lipinski definition) is 2. The van der Waals surface area contributed by atoms with Crippen LogP contribution in [0, 0.1) is 17.5 Å². The molecule has 0 aliphatic carbocycles. The number of halogens is 1. The highest BCUT2D eigenvalue weighted by atomic mass is 32.1. The van der Waals surface area contributed by atoms with Crippen LogP contribution in [0.2, 0.25) is 0 Å². The number of H-pyrrole nitrogens is 1. The van der Waals surface area contributed by atoms with Gasteiger partial charge < -0.3 is 14.9 Å². The van der Waals surface area contributed by atoms with Crippen LogP contribution in [0.4, 0.5) is 4.39 Å². The molecule has 0 saturated carbocycles. The molecular weight excluding hydrogens is 289 g/mol. The summed E-state index contributed by atoms with van der Waals surface area (Å²) in [6.07, 6.45) is 1.25. The van der Waals surface area contributed by atoms with E-state index in [0.29, 0.717) is 28.8 Å². The Labute approximate surface area is 128 Å². The van der Waals surface area contributed by atoms with Gasteiger partial charge in [0.25, 0.3) is 0 Å². The van der Waals surface area contributed by atoms with Gasteiger partial charge in [-0.25, -0.2) is 4.39 Å². The Bertz CT molecular complexity index is 720. The number of aromatic nitrogens is 2. The maximum absolute atomic E-state index is 13.6. The van der Waals surface area contributed by atoms with Gasteiger partial charge in [0.1, 0.15) is 5.82 Å². The fraction of sp³-hybridized carbons (Fsp3) is 0.467. The maximum Gasteiger partial charge on any atom is 0.222 e. The molecule has 0 bridgehead atoms. The van der Waals surface area contributed by atoms with E-state index in [2.05, 4.69) is 10.3 Å². The number of benzene rings is 1. The van der Waals surface area contributed by atoms with Crippen molar-refractivity contribution in [1.82, 2.24) is 14.9 Å². The third-order valence-electron chi connectivity index (χ3n) is 3.64.